The van der Waals surface area contributed by atoms with Crippen LogP contribution in [0.15, 0.2) is 24.3 Å². The molecule has 1 fully saturated rings. The maximum atomic E-state index is 12.9. The molecular weight excluding hydrogens is 239 g/mol. The highest BCUT2D eigenvalue weighted by Gasteiger charge is 2.21. The molecule has 2 N–H and O–H groups in total. The van der Waals surface area contributed by atoms with Crippen molar-refractivity contribution in [3.63, 3.8) is 0 Å². The first kappa shape index (κ1) is 14.5. The summed E-state index contributed by atoms with van der Waals surface area (Å²) >= 11 is 0. The van der Waals surface area contributed by atoms with Gasteiger partial charge in [0.1, 0.15) is 5.82 Å². The molecule has 1 aromatic rings. The summed E-state index contributed by atoms with van der Waals surface area (Å²) in [5.74, 6) is 1.24. The van der Waals surface area contributed by atoms with Crippen LogP contribution in [0.1, 0.15) is 31.7 Å². The Bertz CT molecular complexity index is 377. The van der Waals surface area contributed by atoms with Crippen LogP contribution in [0.25, 0.3) is 0 Å². The third-order valence-electron chi connectivity index (χ3n) is 4.06. The van der Waals surface area contributed by atoms with E-state index in [0.29, 0.717) is 5.92 Å². The molecule has 1 saturated heterocycles. The van der Waals surface area contributed by atoms with Crippen molar-refractivity contribution in [2.24, 2.45) is 17.6 Å². The molecule has 1 aliphatic heterocycles. The lowest BCUT2D eigenvalue weighted by Crippen LogP contribution is -2.36. The van der Waals surface area contributed by atoms with Crippen molar-refractivity contribution in [1.82, 2.24) is 4.90 Å². The van der Waals surface area contributed by atoms with Gasteiger partial charge in [-0.05, 0) is 61.9 Å². The van der Waals surface area contributed by atoms with Gasteiger partial charge in [-0.3, -0.25) is 4.90 Å². The molecule has 19 heavy (non-hydrogen) atoms. The number of halogens is 1. The zero-order valence-corrected chi connectivity index (χ0v) is 11.8. The van der Waals surface area contributed by atoms with E-state index in [1.165, 1.54) is 24.8 Å². The number of nitrogens with zero attached hydrogens (tertiary/aromatic N) is 1. The molecule has 3 heteroatoms. The van der Waals surface area contributed by atoms with Crippen molar-refractivity contribution in [2.75, 3.05) is 19.6 Å². The van der Waals surface area contributed by atoms with E-state index in [2.05, 4.69) is 11.8 Å². The average Bonchev–Trinajstić information content (AvgIpc) is 2.42. The lowest BCUT2D eigenvalue weighted by molar-refractivity contribution is 0.152. The summed E-state index contributed by atoms with van der Waals surface area (Å²) in [6.07, 6.45) is 3.82. The van der Waals surface area contributed by atoms with Gasteiger partial charge in [-0.15, -0.1) is 0 Å². The molecule has 0 spiro atoms. The van der Waals surface area contributed by atoms with Gasteiger partial charge in [0.2, 0.25) is 0 Å². The number of rotatable bonds is 5. The van der Waals surface area contributed by atoms with Crippen LogP contribution in [0.5, 0.6) is 0 Å². The van der Waals surface area contributed by atoms with Crippen molar-refractivity contribution in [1.29, 1.82) is 0 Å². The third-order valence-corrected chi connectivity index (χ3v) is 4.06. The van der Waals surface area contributed by atoms with E-state index < -0.39 is 0 Å². The average molecular weight is 264 g/mol. The predicted molar refractivity (Wildman–Crippen MR) is 77.2 cm³/mol. The topological polar surface area (TPSA) is 29.3 Å². The summed E-state index contributed by atoms with van der Waals surface area (Å²) in [6, 6.07) is 6.88. The van der Waals surface area contributed by atoms with Gasteiger partial charge in [-0.1, -0.05) is 19.1 Å². The lowest BCUT2D eigenvalue weighted by atomic mass is 9.89. The van der Waals surface area contributed by atoms with Gasteiger partial charge in [0, 0.05) is 13.1 Å². The second-order valence-corrected chi connectivity index (χ2v) is 5.95. The highest BCUT2D eigenvalue weighted by atomic mass is 19.1. The molecule has 0 saturated carbocycles. The molecule has 2 nitrogen and oxygen atoms in total. The summed E-state index contributed by atoms with van der Waals surface area (Å²) in [4.78, 5) is 2.49. The summed E-state index contributed by atoms with van der Waals surface area (Å²) in [5.41, 5.74) is 6.92. The molecule has 0 aromatic heterocycles. The Kier molecular flexibility index (Phi) is 5.34. The van der Waals surface area contributed by atoms with Crippen LogP contribution in [0.2, 0.25) is 0 Å². The first-order valence-electron chi connectivity index (χ1n) is 7.34. The molecule has 2 unspecified atom stereocenters. The summed E-state index contributed by atoms with van der Waals surface area (Å²) in [7, 11) is 0. The molecule has 1 aliphatic rings. The first-order valence-corrected chi connectivity index (χ1v) is 7.34. The molecular formula is C16H25FN2. The predicted octanol–water partition coefficient (Wildman–Crippen LogP) is 3.02. The summed E-state index contributed by atoms with van der Waals surface area (Å²) in [5, 5.41) is 0. The Morgan fingerprint density at radius 2 is 2.11 bits per heavy atom. The van der Waals surface area contributed by atoms with Gasteiger partial charge in [0.25, 0.3) is 0 Å². The van der Waals surface area contributed by atoms with Crippen molar-refractivity contribution in [3.05, 3.63) is 35.6 Å². The third kappa shape index (κ3) is 4.59. The first-order chi connectivity index (χ1) is 9.17. The van der Waals surface area contributed by atoms with Gasteiger partial charge in [0.05, 0.1) is 0 Å². The highest BCUT2D eigenvalue weighted by Crippen LogP contribution is 2.24. The molecule has 2 atom stereocenters. The zero-order chi connectivity index (χ0) is 13.7. The number of nitrogens with two attached hydrogens (primary N) is 1. The fourth-order valence-electron chi connectivity index (χ4n) is 3.00. The van der Waals surface area contributed by atoms with E-state index in [0.717, 1.165) is 32.1 Å². The molecule has 0 aliphatic carbocycles. The number of hydrogen-bond acceptors (Lipinski definition) is 2. The van der Waals surface area contributed by atoms with Crippen molar-refractivity contribution in [2.45, 2.75) is 32.7 Å². The highest BCUT2D eigenvalue weighted by molar-refractivity contribution is 5.15. The van der Waals surface area contributed by atoms with Crippen LogP contribution in [-0.2, 0) is 6.54 Å². The summed E-state index contributed by atoms with van der Waals surface area (Å²) < 4.78 is 12.9. The van der Waals surface area contributed by atoms with Gasteiger partial charge in [-0.2, -0.15) is 0 Å². The Morgan fingerprint density at radius 1 is 1.37 bits per heavy atom. The fourth-order valence-corrected chi connectivity index (χ4v) is 3.00. The molecule has 1 heterocycles. The van der Waals surface area contributed by atoms with Gasteiger partial charge in [0.15, 0.2) is 0 Å². The molecule has 0 radical (unpaired) electrons. The Hall–Kier alpha value is -0.930. The Morgan fingerprint density at radius 3 is 2.79 bits per heavy atom. The monoisotopic (exact) mass is 264 g/mol. The number of likely N-dealkylation sites (tertiary alicyclic amines) is 1. The molecule has 1 aromatic carbocycles. The molecule has 0 amide bonds. The van der Waals surface area contributed by atoms with Crippen LogP contribution in [0, 0.1) is 17.7 Å². The van der Waals surface area contributed by atoms with Crippen LogP contribution < -0.4 is 5.73 Å². The van der Waals surface area contributed by atoms with E-state index in [9.17, 15) is 4.39 Å². The van der Waals surface area contributed by atoms with Crippen molar-refractivity contribution >= 4 is 0 Å². The normalized spacial score (nSPS) is 22.4. The Labute approximate surface area is 115 Å². The van der Waals surface area contributed by atoms with E-state index in [1.54, 1.807) is 12.1 Å². The molecule has 0 bridgehead atoms. The van der Waals surface area contributed by atoms with E-state index in [1.807, 2.05) is 12.1 Å². The number of benzene rings is 1. The minimum absolute atomic E-state index is 0.156. The van der Waals surface area contributed by atoms with Crippen molar-refractivity contribution < 1.29 is 4.39 Å². The van der Waals surface area contributed by atoms with Crippen LogP contribution in [-0.4, -0.2) is 24.5 Å². The summed E-state index contributed by atoms with van der Waals surface area (Å²) in [6.45, 7) is 6.27. The number of hydrogen-bond donors (Lipinski definition) is 1. The standard InChI is InChI=1S/C16H25FN2/c1-13(10-18)9-15-3-2-8-19(12-15)11-14-4-6-16(17)7-5-14/h4-7,13,15H,2-3,8-12,18H2,1H3. The van der Waals surface area contributed by atoms with Gasteiger partial charge in [-0.25, -0.2) is 4.39 Å². The largest absolute Gasteiger partial charge is 0.330 e. The lowest BCUT2D eigenvalue weighted by Gasteiger charge is -2.33. The quantitative estimate of drug-likeness (QED) is 0.885. The molecule has 2 rings (SSSR count). The zero-order valence-electron chi connectivity index (χ0n) is 11.8. The Balaban J connectivity index is 1.85. The second kappa shape index (κ2) is 7.01. The van der Waals surface area contributed by atoms with Gasteiger partial charge >= 0.3 is 0 Å². The minimum Gasteiger partial charge on any atom is -0.330 e. The van der Waals surface area contributed by atoms with E-state index >= 15 is 0 Å². The van der Waals surface area contributed by atoms with E-state index in [-0.39, 0.29) is 5.82 Å². The smallest absolute Gasteiger partial charge is 0.123 e. The van der Waals surface area contributed by atoms with E-state index in [4.69, 9.17) is 5.73 Å². The van der Waals surface area contributed by atoms with Crippen LogP contribution >= 0.6 is 0 Å². The van der Waals surface area contributed by atoms with Crippen LogP contribution in [0.3, 0.4) is 0 Å². The van der Waals surface area contributed by atoms with Gasteiger partial charge < -0.3 is 5.73 Å². The molecule has 106 valence electrons. The maximum absolute atomic E-state index is 12.9. The second-order valence-electron chi connectivity index (χ2n) is 5.95. The maximum Gasteiger partial charge on any atom is 0.123 e. The van der Waals surface area contributed by atoms with Crippen molar-refractivity contribution in [3.8, 4) is 0 Å². The van der Waals surface area contributed by atoms with Crippen LogP contribution in [0.4, 0.5) is 4.39 Å². The fraction of sp³-hybridized carbons (Fsp3) is 0.625. The SMILES string of the molecule is CC(CN)CC1CCCN(Cc2ccc(F)cc2)C1. The number of piperidine rings is 1. The minimum atomic E-state index is -0.156.